The molecule has 0 aliphatic carbocycles. The van der Waals surface area contributed by atoms with Crippen molar-refractivity contribution < 1.29 is 9.53 Å². The molecule has 5 nitrogen and oxygen atoms in total. The molecule has 0 bridgehead atoms. The largest absolute Gasteiger partial charge is 0.444 e. The molecule has 5 heteroatoms. The molecular weight excluding hydrogens is 242 g/mol. The second-order valence-corrected chi connectivity index (χ2v) is 6.06. The predicted octanol–water partition coefficient (Wildman–Crippen LogP) is 1.58. The number of hydrogen-bond acceptors (Lipinski definition) is 4. The van der Waals surface area contributed by atoms with Crippen LogP contribution in [0.2, 0.25) is 0 Å². The summed E-state index contributed by atoms with van der Waals surface area (Å²) in [5, 5.41) is 6.84. The fourth-order valence-electron chi connectivity index (χ4n) is 2.11. The lowest BCUT2D eigenvalue weighted by Crippen LogP contribution is -2.39. The summed E-state index contributed by atoms with van der Waals surface area (Å²) < 4.78 is 5.38. The van der Waals surface area contributed by atoms with Gasteiger partial charge in [0.05, 0.1) is 0 Å². The maximum absolute atomic E-state index is 11.9. The SMILES string of the molecule is CCN(CCCNC1CCNC1)C(=O)OC(C)(C)C. The molecule has 0 aromatic carbocycles. The van der Waals surface area contributed by atoms with Crippen molar-refractivity contribution in [2.75, 3.05) is 32.7 Å². The summed E-state index contributed by atoms with van der Waals surface area (Å²) in [4.78, 5) is 13.7. The third-order valence-corrected chi connectivity index (χ3v) is 3.13. The molecule has 1 unspecified atom stereocenters. The molecule has 1 atom stereocenters. The number of hydrogen-bond donors (Lipinski definition) is 2. The number of carbonyl (C=O) groups is 1. The van der Waals surface area contributed by atoms with E-state index in [0.717, 1.165) is 32.6 Å². The fraction of sp³-hybridized carbons (Fsp3) is 0.929. The smallest absolute Gasteiger partial charge is 0.410 e. The van der Waals surface area contributed by atoms with Gasteiger partial charge in [-0.2, -0.15) is 0 Å². The van der Waals surface area contributed by atoms with Crippen molar-refractivity contribution in [3.8, 4) is 0 Å². The Hall–Kier alpha value is -0.810. The highest BCUT2D eigenvalue weighted by molar-refractivity contribution is 5.68. The molecule has 0 aromatic rings. The molecule has 2 N–H and O–H groups in total. The first-order chi connectivity index (χ1) is 8.92. The lowest BCUT2D eigenvalue weighted by atomic mass is 10.2. The summed E-state index contributed by atoms with van der Waals surface area (Å²) in [7, 11) is 0. The summed E-state index contributed by atoms with van der Waals surface area (Å²) in [6.45, 7) is 12.2. The number of amides is 1. The zero-order valence-corrected chi connectivity index (χ0v) is 12.8. The van der Waals surface area contributed by atoms with Crippen LogP contribution in [-0.4, -0.2) is 55.4 Å². The molecule has 1 amide bonds. The van der Waals surface area contributed by atoms with Crippen LogP contribution in [-0.2, 0) is 4.74 Å². The average Bonchev–Trinajstić information content (AvgIpc) is 2.79. The highest BCUT2D eigenvalue weighted by Crippen LogP contribution is 2.10. The minimum Gasteiger partial charge on any atom is -0.444 e. The van der Waals surface area contributed by atoms with E-state index in [4.69, 9.17) is 4.74 Å². The Balaban J connectivity index is 2.18. The fourth-order valence-corrected chi connectivity index (χ4v) is 2.11. The van der Waals surface area contributed by atoms with E-state index in [-0.39, 0.29) is 6.09 Å². The van der Waals surface area contributed by atoms with Gasteiger partial charge in [-0.15, -0.1) is 0 Å². The standard InChI is InChI=1S/C14H29N3O2/c1-5-17(13(18)19-14(2,3)4)10-6-8-16-12-7-9-15-11-12/h12,15-16H,5-11H2,1-4H3. The number of carbonyl (C=O) groups excluding carboxylic acids is 1. The lowest BCUT2D eigenvalue weighted by molar-refractivity contribution is 0.0258. The highest BCUT2D eigenvalue weighted by atomic mass is 16.6. The summed E-state index contributed by atoms with van der Waals surface area (Å²) in [6, 6.07) is 0.594. The molecular formula is C14H29N3O2. The van der Waals surface area contributed by atoms with Crippen LogP contribution in [0, 0.1) is 0 Å². The van der Waals surface area contributed by atoms with E-state index in [1.807, 2.05) is 27.7 Å². The first kappa shape index (κ1) is 16.2. The normalized spacial score (nSPS) is 19.5. The monoisotopic (exact) mass is 271 g/mol. The van der Waals surface area contributed by atoms with Crippen molar-refractivity contribution in [1.82, 2.24) is 15.5 Å². The van der Waals surface area contributed by atoms with Crippen molar-refractivity contribution in [2.24, 2.45) is 0 Å². The van der Waals surface area contributed by atoms with E-state index in [1.165, 1.54) is 6.42 Å². The Labute approximate surface area is 117 Å². The van der Waals surface area contributed by atoms with E-state index in [9.17, 15) is 4.79 Å². The van der Waals surface area contributed by atoms with Gasteiger partial charge in [-0.3, -0.25) is 0 Å². The van der Waals surface area contributed by atoms with E-state index in [1.54, 1.807) is 4.90 Å². The Bertz CT molecular complexity index is 270. The molecule has 19 heavy (non-hydrogen) atoms. The van der Waals surface area contributed by atoms with Crippen molar-refractivity contribution >= 4 is 6.09 Å². The van der Waals surface area contributed by atoms with Crippen molar-refractivity contribution in [3.63, 3.8) is 0 Å². The van der Waals surface area contributed by atoms with Gasteiger partial charge in [-0.05, 0) is 53.6 Å². The number of ether oxygens (including phenoxy) is 1. The Kier molecular flexibility index (Phi) is 6.58. The molecule has 1 rings (SSSR count). The second kappa shape index (κ2) is 7.70. The van der Waals surface area contributed by atoms with Crippen LogP contribution in [0.3, 0.4) is 0 Å². The zero-order valence-electron chi connectivity index (χ0n) is 12.8. The maximum atomic E-state index is 11.9. The summed E-state index contributed by atoms with van der Waals surface area (Å²) in [6.07, 6.45) is 1.95. The second-order valence-electron chi connectivity index (χ2n) is 6.06. The Morgan fingerprint density at radius 3 is 2.74 bits per heavy atom. The van der Waals surface area contributed by atoms with Crippen molar-refractivity contribution in [3.05, 3.63) is 0 Å². The predicted molar refractivity (Wildman–Crippen MR) is 77.4 cm³/mol. The van der Waals surface area contributed by atoms with Gasteiger partial charge in [0, 0.05) is 25.7 Å². The zero-order chi connectivity index (χ0) is 14.3. The van der Waals surface area contributed by atoms with Crippen LogP contribution >= 0.6 is 0 Å². The Morgan fingerprint density at radius 2 is 2.21 bits per heavy atom. The molecule has 0 aromatic heterocycles. The molecule has 1 aliphatic heterocycles. The summed E-state index contributed by atoms with van der Waals surface area (Å²) in [5.74, 6) is 0. The van der Waals surface area contributed by atoms with E-state index >= 15 is 0 Å². The number of nitrogens with zero attached hydrogens (tertiary/aromatic N) is 1. The molecule has 0 saturated carbocycles. The highest BCUT2D eigenvalue weighted by Gasteiger charge is 2.20. The molecule has 0 spiro atoms. The van der Waals surface area contributed by atoms with Gasteiger partial charge in [-0.1, -0.05) is 0 Å². The third kappa shape index (κ3) is 6.78. The van der Waals surface area contributed by atoms with E-state index < -0.39 is 5.60 Å². The van der Waals surface area contributed by atoms with Gasteiger partial charge in [0.2, 0.25) is 0 Å². The topological polar surface area (TPSA) is 53.6 Å². The molecule has 0 radical (unpaired) electrons. The van der Waals surface area contributed by atoms with Crippen molar-refractivity contribution in [2.45, 2.75) is 52.2 Å². The molecule has 112 valence electrons. The molecule has 1 saturated heterocycles. The Morgan fingerprint density at radius 1 is 1.47 bits per heavy atom. The van der Waals surface area contributed by atoms with Gasteiger partial charge in [0.1, 0.15) is 5.60 Å². The van der Waals surface area contributed by atoms with Crippen LogP contribution in [0.4, 0.5) is 4.79 Å². The van der Waals surface area contributed by atoms with Crippen LogP contribution in [0.5, 0.6) is 0 Å². The number of rotatable bonds is 6. The van der Waals surface area contributed by atoms with Crippen LogP contribution in [0.15, 0.2) is 0 Å². The van der Waals surface area contributed by atoms with Crippen molar-refractivity contribution in [1.29, 1.82) is 0 Å². The van der Waals surface area contributed by atoms with Crippen LogP contribution < -0.4 is 10.6 Å². The lowest BCUT2D eigenvalue weighted by Gasteiger charge is -2.26. The van der Waals surface area contributed by atoms with Gasteiger partial charge >= 0.3 is 6.09 Å². The van der Waals surface area contributed by atoms with E-state index in [2.05, 4.69) is 10.6 Å². The quantitative estimate of drug-likeness (QED) is 0.720. The summed E-state index contributed by atoms with van der Waals surface area (Å²) in [5.41, 5.74) is -0.418. The minimum atomic E-state index is -0.418. The van der Waals surface area contributed by atoms with Crippen LogP contribution in [0.1, 0.15) is 40.5 Å². The average molecular weight is 271 g/mol. The first-order valence-electron chi connectivity index (χ1n) is 7.34. The van der Waals surface area contributed by atoms with Gasteiger partial charge < -0.3 is 20.3 Å². The van der Waals surface area contributed by atoms with Gasteiger partial charge in [0.15, 0.2) is 0 Å². The maximum Gasteiger partial charge on any atom is 0.410 e. The summed E-state index contributed by atoms with van der Waals surface area (Å²) >= 11 is 0. The molecule has 1 fully saturated rings. The number of nitrogens with one attached hydrogen (secondary N) is 2. The third-order valence-electron chi connectivity index (χ3n) is 3.13. The molecule has 1 aliphatic rings. The van der Waals surface area contributed by atoms with E-state index in [0.29, 0.717) is 12.6 Å². The first-order valence-corrected chi connectivity index (χ1v) is 7.34. The van der Waals surface area contributed by atoms with Gasteiger partial charge in [0.25, 0.3) is 0 Å². The minimum absolute atomic E-state index is 0.211. The van der Waals surface area contributed by atoms with Crippen LogP contribution in [0.25, 0.3) is 0 Å². The molecule has 1 heterocycles. The van der Waals surface area contributed by atoms with Gasteiger partial charge in [-0.25, -0.2) is 4.79 Å².